The zero-order chi connectivity index (χ0) is 26.9. The molecule has 0 radical (unpaired) electrons. The van der Waals surface area contributed by atoms with Crippen molar-refractivity contribution in [3.63, 3.8) is 0 Å². The van der Waals surface area contributed by atoms with Crippen LogP contribution in [0, 0.1) is 20.2 Å². The van der Waals surface area contributed by atoms with E-state index < -0.39 is 41.5 Å². The van der Waals surface area contributed by atoms with Crippen LogP contribution in [0.1, 0.15) is 5.56 Å². The Balaban J connectivity index is 2.11. The molecule has 0 bridgehead atoms. The molecule has 0 unspecified atom stereocenters. The largest absolute Gasteiger partial charge is 0.367 e. The number of nitro benzene ring substituents is 2. The predicted molar refractivity (Wildman–Crippen MR) is 131 cm³/mol. The fourth-order valence-corrected chi connectivity index (χ4v) is 3.55. The molecule has 0 spiro atoms. The van der Waals surface area contributed by atoms with E-state index in [1.807, 2.05) is 0 Å². The van der Waals surface area contributed by atoms with E-state index in [2.05, 4.69) is 10.5 Å². The van der Waals surface area contributed by atoms with Crippen molar-refractivity contribution in [3.8, 4) is 0 Å². The molecule has 17 heteroatoms. The van der Waals surface area contributed by atoms with Gasteiger partial charge in [0, 0.05) is 24.8 Å². The summed E-state index contributed by atoms with van der Waals surface area (Å²) >= 11 is 0. The van der Waals surface area contributed by atoms with Crippen molar-refractivity contribution in [3.05, 3.63) is 68.3 Å². The molecule has 0 fully saturated rings. The highest BCUT2D eigenvalue weighted by Crippen LogP contribution is 2.28. The number of rotatable bonds is 14. The summed E-state index contributed by atoms with van der Waals surface area (Å²) in [7, 11) is -7.31. The van der Waals surface area contributed by atoms with E-state index >= 15 is 0 Å². The number of hydrazone groups is 1. The van der Waals surface area contributed by atoms with Crippen molar-refractivity contribution in [2.75, 3.05) is 49.1 Å². The van der Waals surface area contributed by atoms with Crippen molar-refractivity contribution >= 4 is 49.2 Å². The summed E-state index contributed by atoms with van der Waals surface area (Å²) in [6.07, 6.45) is 3.19. The quantitative estimate of drug-likeness (QED) is 0.156. The minimum Gasteiger partial charge on any atom is -0.367 e. The van der Waals surface area contributed by atoms with Gasteiger partial charge >= 0.3 is 5.69 Å². The number of benzene rings is 2. The van der Waals surface area contributed by atoms with Crippen LogP contribution in [0.25, 0.3) is 0 Å². The van der Waals surface area contributed by atoms with Crippen molar-refractivity contribution in [2.45, 2.75) is 0 Å². The molecule has 2 aromatic rings. The maximum Gasteiger partial charge on any atom is 0.301 e. The maximum absolute atomic E-state index is 11.2. The van der Waals surface area contributed by atoms with Gasteiger partial charge in [-0.2, -0.15) is 21.9 Å². The number of nitrogens with zero attached hydrogens (tertiary/aromatic N) is 4. The van der Waals surface area contributed by atoms with E-state index in [-0.39, 0.29) is 32.0 Å². The van der Waals surface area contributed by atoms with Crippen molar-refractivity contribution in [1.29, 1.82) is 0 Å². The van der Waals surface area contributed by atoms with E-state index in [1.165, 1.54) is 12.3 Å². The van der Waals surface area contributed by atoms with Crippen LogP contribution in [-0.4, -0.2) is 71.7 Å². The number of nitrogens with one attached hydrogen (secondary N) is 1. The molecule has 0 amide bonds. The van der Waals surface area contributed by atoms with Crippen molar-refractivity contribution in [2.24, 2.45) is 5.10 Å². The lowest BCUT2D eigenvalue weighted by atomic mass is 10.2. The third kappa shape index (κ3) is 9.90. The lowest BCUT2D eigenvalue weighted by molar-refractivity contribution is -0.393. The Kier molecular flexibility index (Phi) is 9.79. The molecule has 0 heterocycles. The number of anilines is 2. The highest BCUT2D eigenvalue weighted by Gasteiger charge is 2.19. The predicted octanol–water partition coefficient (Wildman–Crippen LogP) is 1.71. The summed E-state index contributed by atoms with van der Waals surface area (Å²) < 4.78 is 54.4. The third-order valence-corrected chi connectivity index (χ3v) is 5.55. The van der Waals surface area contributed by atoms with Gasteiger partial charge in [0.25, 0.3) is 25.9 Å². The highest BCUT2D eigenvalue weighted by molar-refractivity contribution is 7.86. The van der Waals surface area contributed by atoms with Gasteiger partial charge in [0.2, 0.25) is 0 Å². The molecule has 1 N–H and O–H groups in total. The minimum absolute atomic E-state index is 0.0404. The molecule has 36 heavy (non-hydrogen) atoms. The maximum atomic E-state index is 11.2. The summed E-state index contributed by atoms with van der Waals surface area (Å²) in [5.74, 6) is 0. The van der Waals surface area contributed by atoms with Crippen LogP contribution in [-0.2, 0) is 28.6 Å². The highest BCUT2D eigenvalue weighted by atomic mass is 32.2. The Morgan fingerprint density at radius 3 is 1.94 bits per heavy atom. The Morgan fingerprint density at radius 2 is 1.47 bits per heavy atom. The second-order valence-corrected chi connectivity index (χ2v) is 10.5. The van der Waals surface area contributed by atoms with Gasteiger partial charge in [-0.15, -0.1) is 0 Å². The topological polar surface area (TPSA) is 201 Å². The first-order valence-corrected chi connectivity index (χ1v) is 13.6. The van der Waals surface area contributed by atoms with Crippen molar-refractivity contribution in [1.82, 2.24) is 0 Å². The van der Waals surface area contributed by atoms with E-state index in [0.29, 0.717) is 11.3 Å². The number of non-ortho nitro benzene ring substituents is 1. The molecule has 0 aromatic heterocycles. The average Bonchev–Trinajstić information content (AvgIpc) is 2.77. The van der Waals surface area contributed by atoms with Crippen LogP contribution in [0.5, 0.6) is 0 Å². The van der Waals surface area contributed by atoms with Crippen LogP contribution in [0.15, 0.2) is 47.6 Å². The standard InChI is InChI=1S/C19H23N5O10S2/c1-35(29,30)33-11-9-22(10-12-34-36(2,31)32)16-5-3-15(4-6-16)14-20-21-18-8-7-17(23(25)26)13-19(18)24(27)28/h3-8,13-14,21H,9-12H2,1-2H3/b20-14-. The van der Waals surface area contributed by atoms with Gasteiger partial charge in [-0.1, -0.05) is 12.1 Å². The van der Waals surface area contributed by atoms with Gasteiger partial charge in [-0.3, -0.25) is 34.0 Å². The fraction of sp³-hybridized carbons (Fsp3) is 0.316. The van der Waals surface area contributed by atoms with E-state index in [4.69, 9.17) is 8.37 Å². The average molecular weight is 546 g/mol. The number of hydrogen-bond donors (Lipinski definition) is 1. The summed E-state index contributed by atoms with van der Waals surface area (Å²) in [5, 5.41) is 25.9. The Hall–Kier alpha value is -3.67. The molecular weight excluding hydrogens is 522 g/mol. The van der Waals surface area contributed by atoms with Crippen molar-refractivity contribution < 1.29 is 35.0 Å². The fourth-order valence-electron chi connectivity index (χ4n) is 2.79. The van der Waals surface area contributed by atoms with E-state index in [9.17, 15) is 37.1 Å². The molecule has 0 aliphatic rings. The van der Waals surface area contributed by atoms with Crippen LogP contribution >= 0.6 is 0 Å². The van der Waals surface area contributed by atoms with E-state index in [0.717, 1.165) is 24.6 Å². The first kappa shape index (κ1) is 28.6. The smallest absolute Gasteiger partial charge is 0.301 e. The van der Waals surface area contributed by atoms with Crippen LogP contribution in [0.4, 0.5) is 22.7 Å². The van der Waals surface area contributed by atoms with Crippen LogP contribution in [0.3, 0.4) is 0 Å². The van der Waals surface area contributed by atoms with Gasteiger partial charge in [-0.05, 0) is 23.8 Å². The molecule has 2 aromatic carbocycles. The Bertz CT molecular complexity index is 1290. The molecule has 15 nitrogen and oxygen atoms in total. The molecule has 196 valence electrons. The lowest BCUT2D eigenvalue weighted by Gasteiger charge is -2.24. The van der Waals surface area contributed by atoms with E-state index in [1.54, 1.807) is 29.2 Å². The third-order valence-electron chi connectivity index (χ3n) is 4.36. The summed E-state index contributed by atoms with van der Waals surface area (Å²) in [4.78, 5) is 22.2. The lowest BCUT2D eigenvalue weighted by Crippen LogP contribution is -2.32. The second kappa shape index (κ2) is 12.3. The first-order chi connectivity index (χ1) is 16.7. The minimum atomic E-state index is -3.65. The molecule has 0 aliphatic heterocycles. The molecule has 0 saturated carbocycles. The molecule has 0 saturated heterocycles. The Morgan fingerprint density at radius 1 is 0.917 bits per heavy atom. The SMILES string of the molecule is CS(=O)(=O)OCCN(CCOS(C)(=O)=O)c1ccc(/C=N\Nc2ccc([N+](=O)[O-])cc2[N+](=O)[O-])cc1. The second-order valence-electron chi connectivity index (χ2n) is 7.22. The van der Waals surface area contributed by atoms with Gasteiger partial charge in [0.1, 0.15) is 5.69 Å². The zero-order valence-corrected chi connectivity index (χ0v) is 20.8. The van der Waals surface area contributed by atoms with Gasteiger partial charge in [-0.25, -0.2) is 0 Å². The summed E-state index contributed by atoms with van der Waals surface area (Å²) in [6, 6.07) is 9.72. The van der Waals surface area contributed by atoms with Crippen LogP contribution < -0.4 is 10.3 Å². The summed E-state index contributed by atoms with van der Waals surface area (Å²) in [5.41, 5.74) is 2.68. The van der Waals surface area contributed by atoms with Gasteiger partial charge in [0.05, 0.1) is 47.9 Å². The van der Waals surface area contributed by atoms with Gasteiger partial charge in [0.15, 0.2) is 0 Å². The summed E-state index contributed by atoms with van der Waals surface area (Å²) in [6.45, 7) is -0.0876. The van der Waals surface area contributed by atoms with Gasteiger partial charge < -0.3 is 4.90 Å². The first-order valence-electron chi connectivity index (χ1n) is 10.0. The normalized spacial score (nSPS) is 11.9. The molecule has 2 rings (SSSR count). The zero-order valence-electron chi connectivity index (χ0n) is 19.1. The number of hydrogen-bond acceptors (Lipinski definition) is 13. The monoisotopic (exact) mass is 545 g/mol. The molecule has 0 aliphatic carbocycles. The van der Waals surface area contributed by atoms with Crippen LogP contribution in [0.2, 0.25) is 0 Å². The molecule has 0 atom stereocenters. The molecular formula is C19H23N5O10S2. The number of nitro groups is 2. The Labute approximate surface area is 206 Å².